The van der Waals surface area contributed by atoms with E-state index in [-0.39, 0.29) is 18.4 Å². The van der Waals surface area contributed by atoms with Crippen molar-refractivity contribution in [2.75, 3.05) is 61.1 Å². The molecule has 2 fully saturated rings. The van der Waals surface area contributed by atoms with E-state index in [1.54, 1.807) is 17.3 Å². The van der Waals surface area contributed by atoms with Gasteiger partial charge in [-0.25, -0.2) is 9.97 Å². The quantitative estimate of drug-likeness (QED) is 0.566. The molecule has 9 heteroatoms. The van der Waals surface area contributed by atoms with Crippen molar-refractivity contribution in [1.82, 2.24) is 15.0 Å². The first-order chi connectivity index (χ1) is 17.6. The smallest absolute Gasteiger partial charge is 0.229 e. The molecule has 2 aliphatic rings. The summed E-state index contributed by atoms with van der Waals surface area (Å²) in [5.74, 6) is 2.49. The Hall–Kier alpha value is -3.56. The van der Waals surface area contributed by atoms with Crippen LogP contribution in [0.3, 0.4) is 0 Å². The van der Waals surface area contributed by atoms with Gasteiger partial charge >= 0.3 is 0 Å². The summed E-state index contributed by atoms with van der Waals surface area (Å²) in [4.78, 5) is 33.2. The zero-order valence-electron chi connectivity index (χ0n) is 20.6. The number of aliphatic hydroxyl groups is 1. The summed E-state index contributed by atoms with van der Waals surface area (Å²) in [7, 11) is 1.83. The van der Waals surface area contributed by atoms with Crippen molar-refractivity contribution in [3.8, 4) is 11.4 Å². The van der Waals surface area contributed by atoms with E-state index in [1.165, 1.54) is 0 Å². The molecule has 36 heavy (non-hydrogen) atoms. The van der Waals surface area contributed by atoms with E-state index >= 15 is 0 Å². The minimum Gasteiger partial charge on any atom is -0.392 e. The molecule has 1 aromatic carbocycles. The monoisotopic (exact) mass is 488 g/mol. The number of carbonyl (C=O) groups is 1. The highest BCUT2D eigenvalue weighted by atomic mass is 16.5. The lowest BCUT2D eigenvalue weighted by molar-refractivity contribution is -0.122. The second kappa shape index (κ2) is 11.0. The molecule has 0 bridgehead atoms. The molecule has 2 aliphatic heterocycles. The lowest BCUT2D eigenvalue weighted by Crippen LogP contribution is -2.42. The highest BCUT2D eigenvalue weighted by Crippen LogP contribution is 2.29. The topological polar surface area (TPSA) is 94.9 Å². The number of pyridine rings is 1. The van der Waals surface area contributed by atoms with E-state index in [0.29, 0.717) is 19.0 Å². The summed E-state index contributed by atoms with van der Waals surface area (Å²) in [6, 6.07) is 13.5. The molecule has 3 aromatic rings. The van der Waals surface area contributed by atoms with Gasteiger partial charge in [-0.05, 0) is 36.6 Å². The van der Waals surface area contributed by atoms with Gasteiger partial charge < -0.3 is 24.5 Å². The first kappa shape index (κ1) is 24.1. The van der Waals surface area contributed by atoms with Crippen molar-refractivity contribution in [3.63, 3.8) is 0 Å². The minimum absolute atomic E-state index is 0.0272. The molecule has 0 saturated carbocycles. The van der Waals surface area contributed by atoms with E-state index < -0.39 is 0 Å². The standard InChI is InChI=1S/C27H32N6O3/c1-31(23-5-9-28-10-6-23)27(35)21-7-11-32(12-8-21)24-18-25(33-13-15-36-16-14-33)30-26(29-24)22-4-2-3-20(17-22)19-34/h2-6,9-10,17-18,21,34H,7-8,11-16,19H2,1H3. The van der Waals surface area contributed by atoms with Crippen LogP contribution in [0.1, 0.15) is 18.4 Å². The van der Waals surface area contributed by atoms with Crippen molar-refractivity contribution in [3.05, 3.63) is 60.4 Å². The summed E-state index contributed by atoms with van der Waals surface area (Å²) in [5.41, 5.74) is 2.56. The maximum Gasteiger partial charge on any atom is 0.229 e. The fourth-order valence-corrected chi connectivity index (χ4v) is 4.80. The minimum atomic E-state index is -0.0284. The van der Waals surface area contributed by atoms with Gasteiger partial charge in [0.15, 0.2) is 5.82 Å². The molecule has 0 unspecified atom stereocenters. The molecule has 2 saturated heterocycles. The Morgan fingerprint density at radius 3 is 2.33 bits per heavy atom. The lowest BCUT2D eigenvalue weighted by Gasteiger charge is -2.35. The summed E-state index contributed by atoms with van der Waals surface area (Å²) in [6.07, 6.45) is 4.94. The van der Waals surface area contributed by atoms with Crippen molar-refractivity contribution >= 4 is 23.2 Å². The molecule has 188 valence electrons. The number of rotatable bonds is 6. The summed E-state index contributed by atoms with van der Waals surface area (Å²) in [6.45, 7) is 4.38. The van der Waals surface area contributed by atoms with Crippen LogP contribution < -0.4 is 14.7 Å². The number of carbonyl (C=O) groups excluding carboxylic acids is 1. The van der Waals surface area contributed by atoms with Gasteiger partial charge in [-0.2, -0.15) is 0 Å². The van der Waals surface area contributed by atoms with Gasteiger partial charge in [0.05, 0.1) is 19.8 Å². The van der Waals surface area contributed by atoms with E-state index in [9.17, 15) is 9.90 Å². The maximum atomic E-state index is 13.1. The van der Waals surface area contributed by atoms with Gasteiger partial charge in [0.2, 0.25) is 5.91 Å². The molecule has 0 atom stereocenters. The van der Waals surface area contributed by atoms with Crippen LogP contribution in [0.2, 0.25) is 0 Å². The van der Waals surface area contributed by atoms with Gasteiger partial charge in [-0.3, -0.25) is 9.78 Å². The number of benzene rings is 1. The van der Waals surface area contributed by atoms with Crippen molar-refractivity contribution in [1.29, 1.82) is 0 Å². The summed E-state index contributed by atoms with van der Waals surface area (Å²) >= 11 is 0. The number of morpholine rings is 1. The Labute approximate surface area is 211 Å². The molecule has 0 aliphatic carbocycles. The van der Waals surface area contributed by atoms with Gasteiger partial charge in [-0.1, -0.05) is 18.2 Å². The number of aromatic nitrogens is 3. The maximum absolute atomic E-state index is 13.1. The van der Waals surface area contributed by atoms with Crippen molar-refractivity contribution in [2.24, 2.45) is 5.92 Å². The van der Waals surface area contributed by atoms with E-state index in [1.807, 2.05) is 43.4 Å². The number of hydrogen-bond donors (Lipinski definition) is 1. The molecule has 9 nitrogen and oxygen atoms in total. The van der Waals surface area contributed by atoms with Crippen LogP contribution in [-0.2, 0) is 16.1 Å². The van der Waals surface area contributed by atoms with Gasteiger partial charge in [0.25, 0.3) is 0 Å². The van der Waals surface area contributed by atoms with E-state index in [0.717, 1.165) is 67.5 Å². The van der Waals surface area contributed by atoms with Crippen LogP contribution in [0.25, 0.3) is 11.4 Å². The average Bonchev–Trinajstić information content (AvgIpc) is 2.97. The highest BCUT2D eigenvalue weighted by Gasteiger charge is 2.29. The molecule has 4 heterocycles. The third kappa shape index (κ3) is 5.32. The number of aliphatic hydroxyl groups excluding tert-OH is 1. The molecular formula is C27H32N6O3. The second-order valence-electron chi connectivity index (χ2n) is 9.23. The molecule has 5 rings (SSSR count). The van der Waals surface area contributed by atoms with Crippen LogP contribution in [0.15, 0.2) is 54.9 Å². The van der Waals surface area contributed by atoms with Gasteiger partial charge in [-0.15, -0.1) is 0 Å². The number of nitrogens with zero attached hydrogens (tertiary/aromatic N) is 6. The number of piperidine rings is 1. The normalized spacial score (nSPS) is 16.7. The SMILES string of the molecule is CN(C(=O)C1CCN(c2cc(N3CCOCC3)nc(-c3cccc(CO)c3)n2)CC1)c1ccncc1. The fourth-order valence-electron chi connectivity index (χ4n) is 4.80. The predicted molar refractivity (Wildman–Crippen MR) is 139 cm³/mol. The average molecular weight is 489 g/mol. The lowest BCUT2D eigenvalue weighted by atomic mass is 9.95. The number of hydrogen-bond acceptors (Lipinski definition) is 8. The van der Waals surface area contributed by atoms with Crippen molar-refractivity contribution < 1.29 is 14.6 Å². The van der Waals surface area contributed by atoms with Crippen LogP contribution in [-0.4, -0.2) is 72.4 Å². The van der Waals surface area contributed by atoms with E-state index in [2.05, 4.69) is 20.9 Å². The first-order valence-corrected chi connectivity index (χ1v) is 12.5. The first-order valence-electron chi connectivity index (χ1n) is 12.5. The highest BCUT2D eigenvalue weighted by molar-refractivity contribution is 5.94. The Bertz CT molecular complexity index is 1180. The molecule has 1 N–H and O–H groups in total. The largest absolute Gasteiger partial charge is 0.392 e. The number of amides is 1. The Kier molecular flexibility index (Phi) is 7.39. The van der Waals surface area contributed by atoms with Crippen molar-refractivity contribution in [2.45, 2.75) is 19.4 Å². The summed E-state index contributed by atoms with van der Waals surface area (Å²) in [5, 5.41) is 9.60. The number of ether oxygens (including phenoxy) is 1. The zero-order chi connectivity index (χ0) is 24.9. The zero-order valence-corrected chi connectivity index (χ0v) is 20.6. The van der Waals surface area contributed by atoms with Crippen LogP contribution in [0, 0.1) is 5.92 Å². The second-order valence-corrected chi connectivity index (χ2v) is 9.23. The molecule has 0 radical (unpaired) electrons. The van der Waals surface area contributed by atoms with Crippen LogP contribution in [0.5, 0.6) is 0 Å². The number of anilines is 3. The van der Waals surface area contributed by atoms with Crippen LogP contribution >= 0.6 is 0 Å². The Morgan fingerprint density at radius 2 is 1.67 bits per heavy atom. The van der Waals surface area contributed by atoms with Gasteiger partial charge in [0.1, 0.15) is 11.6 Å². The fraction of sp³-hybridized carbons (Fsp3) is 0.407. The third-order valence-electron chi connectivity index (χ3n) is 6.95. The van der Waals surface area contributed by atoms with Crippen LogP contribution in [0.4, 0.5) is 17.3 Å². The Morgan fingerprint density at radius 1 is 1.00 bits per heavy atom. The predicted octanol–water partition coefficient (Wildman–Crippen LogP) is 2.75. The molecule has 2 aromatic heterocycles. The molecule has 0 spiro atoms. The van der Waals surface area contributed by atoms with E-state index in [4.69, 9.17) is 14.7 Å². The molecular weight excluding hydrogens is 456 g/mol. The van der Waals surface area contributed by atoms with Gasteiger partial charge in [0, 0.05) is 68.9 Å². The molecule has 1 amide bonds. The third-order valence-corrected chi connectivity index (χ3v) is 6.95. The summed E-state index contributed by atoms with van der Waals surface area (Å²) < 4.78 is 5.54. The Balaban J connectivity index is 1.36.